The van der Waals surface area contributed by atoms with E-state index >= 15 is 0 Å². The Hall–Kier alpha value is -1.87. The lowest BCUT2D eigenvalue weighted by Crippen LogP contribution is -2.04. The van der Waals surface area contributed by atoms with Crippen LogP contribution < -0.4 is 5.32 Å². The maximum Gasteiger partial charge on any atom is 0.256 e. The molecular weight excluding hydrogens is 250 g/mol. The molecule has 1 aromatic carbocycles. The van der Waals surface area contributed by atoms with Crippen molar-refractivity contribution in [1.29, 1.82) is 0 Å². The SMILES string of the molecule is CC(=O)/C=C/C(C)=C1/C(=O)Nc2ccc(Cl)cc21. The minimum atomic E-state index is -0.169. The fourth-order valence-corrected chi connectivity index (χ4v) is 2.03. The van der Waals surface area contributed by atoms with Gasteiger partial charge in [0.15, 0.2) is 5.78 Å². The molecule has 1 aliphatic heterocycles. The summed E-state index contributed by atoms with van der Waals surface area (Å²) < 4.78 is 0. The molecule has 18 heavy (non-hydrogen) atoms. The first-order chi connectivity index (χ1) is 8.49. The number of ketones is 1. The first kappa shape index (κ1) is 12.6. The second-order valence-electron chi connectivity index (χ2n) is 4.15. The van der Waals surface area contributed by atoms with Crippen LogP contribution in [0.25, 0.3) is 5.57 Å². The van der Waals surface area contributed by atoms with Crippen LogP contribution in [0.4, 0.5) is 5.69 Å². The number of anilines is 1. The normalized spacial score (nSPS) is 16.7. The minimum absolute atomic E-state index is 0.0559. The number of nitrogens with one attached hydrogen (secondary N) is 1. The van der Waals surface area contributed by atoms with Crippen LogP contribution in [0.3, 0.4) is 0 Å². The van der Waals surface area contributed by atoms with Crippen LogP contribution in [0, 0.1) is 0 Å². The Balaban J connectivity index is 2.53. The Labute approximate surface area is 110 Å². The molecule has 0 radical (unpaired) electrons. The van der Waals surface area contributed by atoms with Crippen LogP contribution in [-0.4, -0.2) is 11.7 Å². The van der Waals surface area contributed by atoms with Gasteiger partial charge in [0.2, 0.25) is 0 Å². The van der Waals surface area contributed by atoms with E-state index in [0.29, 0.717) is 10.6 Å². The molecule has 1 N–H and O–H groups in total. The predicted octanol–water partition coefficient (Wildman–Crippen LogP) is 3.21. The molecule has 2 rings (SSSR count). The zero-order valence-electron chi connectivity index (χ0n) is 10.1. The standard InChI is InChI=1S/C14H12ClNO2/c1-8(3-4-9(2)17)13-11-7-10(15)5-6-12(11)16-14(13)18/h3-7H,1-2H3,(H,16,18)/b4-3+,13-8+. The summed E-state index contributed by atoms with van der Waals surface area (Å²) in [7, 11) is 0. The minimum Gasteiger partial charge on any atom is -0.321 e. The van der Waals surface area contributed by atoms with Crippen molar-refractivity contribution in [2.24, 2.45) is 0 Å². The number of fused-ring (bicyclic) bond motifs is 1. The summed E-state index contributed by atoms with van der Waals surface area (Å²) in [5.74, 6) is -0.224. The molecule has 3 nitrogen and oxygen atoms in total. The van der Waals surface area contributed by atoms with Gasteiger partial charge in [0, 0.05) is 16.3 Å². The number of carbonyl (C=O) groups excluding carboxylic acids is 2. The van der Waals surface area contributed by atoms with Gasteiger partial charge in [0.1, 0.15) is 0 Å². The molecule has 92 valence electrons. The van der Waals surface area contributed by atoms with Crippen molar-refractivity contribution in [1.82, 2.24) is 0 Å². The zero-order chi connectivity index (χ0) is 13.3. The van der Waals surface area contributed by atoms with Crippen molar-refractivity contribution >= 4 is 34.6 Å². The average molecular weight is 262 g/mol. The van der Waals surface area contributed by atoms with Gasteiger partial charge in [0.25, 0.3) is 5.91 Å². The molecule has 4 heteroatoms. The summed E-state index contributed by atoms with van der Waals surface area (Å²) >= 11 is 5.93. The van der Waals surface area contributed by atoms with E-state index in [9.17, 15) is 9.59 Å². The molecule has 1 amide bonds. The lowest BCUT2D eigenvalue weighted by atomic mass is 10.0. The summed E-state index contributed by atoms with van der Waals surface area (Å²) in [6.07, 6.45) is 3.09. The Morgan fingerprint density at radius 1 is 1.28 bits per heavy atom. The van der Waals surface area contributed by atoms with Gasteiger partial charge in [-0.1, -0.05) is 17.7 Å². The highest BCUT2D eigenvalue weighted by molar-refractivity contribution is 6.35. The van der Waals surface area contributed by atoms with Crippen molar-refractivity contribution in [2.75, 3.05) is 5.32 Å². The van der Waals surface area contributed by atoms with Gasteiger partial charge >= 0.3 is 0 Å². The molecule has 0 saturated heterocycles. The fourth-order valence-electron chi connectivity index (χ4n) is 1.86. The number of allylic oxidation sites excluding steroid dienone is 3. The van der Waals surface area contributed by atoms with E-state index in [0.717, 1.165) is 16.8 Å². The van der Waals surface area contributed by atoms with Crippen LogP contribution in [0.2, 0.25) is 5.02 Å². The summed E-state index contributed by atoms with van der Waals surface area (Å²) in [5, 5.41) is 3.34. The summed E-state index contributed by atoms with van der Waals surface area (Å²) in [6.45, 7) is 3.26. The molecule has 0 atom stereocenters. The first-order valence-corrected chi connectivity index (χ1v) is 5.87. The Kier molecular flexibility index (Phi) is 3.34. The molecule has 1 aliphatic rings. The molecule has 0 aliphatic carbocycles. The number of carbonyl (C=O) groups is 2. The van der Waals surface area contributed by atoms with Crippen LogP contribution in [0.5, 0.6) is 0 Å². The summed E-state index contributed by atoms with van der Waals surface area (Å²) in [6, 6.07) is 5.24. The summed E-state index contributed by atoms with van der Waals surface area (Å²) in [4.78, 5) is 22.8. The smallest absolute Gasteiger partial charge is 0.256 e. The maximum atomic E-state index is 11.9. The van der Waals surface area contributed by atoms with E-state index in [2.05, 4.69) is 5.32 Å². The van der Waals surface area contributed by atoms with E-state index in [1.165, 1.54) is 13.0 Å². The fraction of sp³-hybridized carbons (Fsp3) is 0.143. The van der Waals surface area contributed by atoms with E-state index in [1.807, 2.05) is 0 Å². The lowest BCUT2D eigenvalue weighted by molar-refractivity contribution is -0.113. The second kappa shape index (κ2) is 4.78. The number of hydrogen-bond donors (Lipinski definition) is 1. The maximum absolute atomic E-state index is 11.9. The Bertz CT molecular complexity index is 600. The highest BCUT2D eigenvalue weighted by atomic mass is 35.5. The van der Waals surface area contributed by atoms with Crippen molar-refractivity contribution < 1.29 is 9.59 Å². The number of hydrogen-bond acceptors (Lipinski definition) is 2. The molecule has 0 fully saturated rings. The lowest BCUT2D eigenvalue weighted by Gasteiger charge is -2.01. The van der Waals surface area contributed by atoms with E-state index in [-0.39, 0.29) is 11.7 Å². The number of rotatable bonds is 2. The van der Waals surface area contributed by atoms with E-state index < -0.39 is 0 Å². The summed E-state index contributed by atoms with van der Waals surface area (Å²) in [5.41, 5.74) is 2.82. The number of benzene rings is 1. The third kappa shape index (κ3) is 2.36. The van der Waals surface area contributed by atoms with Gasteiger partial charge in [-0.3, -0.25) is 9.59 Å². The molecule has 1 aromatic rings. The highest BCUT2D eigenvalue weighted by Gasteiger charge is 2.25. The highest BCUT2D eigenvalue weighted by Crippen LogP contribution is 2.35. The molecular formula is C14H12ClNO2. The number of amides is 1. The second-order valence-corrected chi connectivity index (χ2v) is 4.58. The average Bonchev–Trinajstić information content (AvgIpc) is 2.61. The van der Waals surface area contributed by atoms with Gasteiger partial charge in [0.05, 0.1) is 5.57 Å². The van der Waals surface area contributed by atoms with Gasteiger partial charge in [-0.25, -0.2) is 0 Å². The molecule has 0 spiro atoms. The largest absolute Gasteiger partial charge is 0.321 e. The topological polar surface area (TPSA) is 46.2 Å². The van der Waals surface area contributed by atoms with E-state index in [4.69, 9.17) is 11.6 Å². The molecule has 1 heterocycles. The monoisotopic (exact) mass is 261 g/mol. The van der Waals surface area contributed by atoms with Gasteiger partial charge in [-0.05, 0) is 43.7 Å². The third-order valence-electron chi connectivity index (χ3n) is 2.69. The predicted molar refractivity (Wildman–Crippen MR) is 72.5 cm³/mol. The van der Waals surface area contributed by atoms with Crippen molar-refractivity contribution in [3.63, 3.8) is 0 Å². The Morgan fingerprint density at radius 2 is 2.00 bits per heavy atom. The van der Waals surface area contributed by atoms with Crippen molar-refractivity contribution in [3.8, 4) is 0 Å². The van der Waals surface area contributed by atoms with Crippen molar-refractivity contribution in [3.05, 3.63) is 46.5 Å². The Morgan fingerprint density at radius 3 is 2.67 bits per heavy atom. The zero-order valence-corrected chi connectivity index (χ0v) is 10.8. The van der Waals surface area contributed by atoms with Crippen molar-refractivity contribution in [2.45, 2.75) is 13.8 Å². The van der Waals surface area contributed by atoms with Gasteiger partial charge < -0.3 is 5.32 Å². The van der Waals surface area contributed by atoms with Crippen LogP contribution >= 0.6 is 11.6 Å². The van der Waals surface area contributed by atoms with Gasteiger partial charge in [-0.15, -0.1) is 0 Å². The quantitative estimate of drug-likeness (QED) is 0.831. The molecule has 0 unspecified atom stereocenters. The van der Waals surface area contributed by atoms with Crippen LogP contribution in [0.15, 0.2) is 35.9 Å². The van der Waals surface area contributed by atoms with E-state index in [1.54, 1.807) is 31.2 Å². The third-order valence-corrected chi connectivity index (χ3v) is 2.92. The number of halogens is 1. The van der Waals surface area contributed by atoms with Gasteiger partial charge in [-0.2, -0.15) is 0 Å². The van der Waals surface area contributed by atoms with Crippen LogP contribution in [0.1, 0.15) is 19.4 Å². The molecule has 0 bridgehead atoms. The first-order valence-electron chi connectivity index (χ1n) is 5.50. The van der Waals surface area contributed by atoms with Crippen LogP contribution in [-0.2, 0) is 9.59 Å². The molecule has 0 saturated carbocycles. The molecule has 0 aromatic heterocycles.